The van der Waals surface area contributed by atoms with Gasteiger partial charge in [-0.05, 0) is 30.7 Å². The molecule has 6 heteroatoms. The largest absolute Gasteiger partial charge is 0.384 e. The van der Waals surface area contributed by atoms with Gasteiger partial charge in [-0.2, -0.15) is 0 Å². The van der Waals surface area contributed by atoms with Crippen LogP contribution in [0.4, 0.5) is 5.69 Å². The molecule has 0 aromatic heterocycles. The number of nitrogens with two attached hydrogens (primary N) is 1. The van der Waals surface area contributed by atoms with Crippen LogP contribution in [0.15, 0.2) is 24.3 Å². The van der Waals surface area contributed by atoms with E-state index in [1.54, 1.807) is 29.2 Å². The lowest BCUT2D eigenvalue weighted by Gasteiger charge is -2.16. The summed E-state index contributed by atoms with van der Waals surface area (Å²) in [6.45, 7) is 0.573. The minimum Gasteiger partial charge on any atom is -0.384 e. The maximum absolute atomic E-state index is 12.0. The summed E-state index contributed by atoms with van der Waals surface area (Å²) < 4.78 is 0. The SMILES string of the molecule is N=C(N)c1ccc(N2CC[C@H](NC=O)C2=O)cc1. The number of nitrogens with one attached hydrogen (secondary N) is 2. The molecule has 6 nitrogen and oxygen atoms in total. The van der Waals surface area contributed by atoms with Gasteiger partial charge in [0.05, 0.1) is 0 Å². The Kier molecular flexibility index (Phi) is 3.27. The fourth-order valence-corrected chi connectivity index (χ4v) is 1.99. The van der Waals surface area contributed by atoms with Gasteiger partial charge in [0.15, 0.2) is 0 Å². The summed E-state index contributed by atoms with van der Waals surface area (Å²) in [7, 11) is 0. The number of nitrogen functional groups attached to an aromatic ring is 1. The number of carbonyl (C=O) groups is 2. The molecular weight excluding hydrogens is 232 g/mol. The van der Waals surface area contributed by atoms with E-state index in [-0.39, 0.29) is 11.7 Å². The quantitative estimate of drug-likeness (QED) is 0.390. The molecule has 0 radical (unpaired) electrons. The molecule has 2 rings (SSSR count). The summed E-state index contributed by atoms with van der Waals surface area (Å²) in [6, 6.07) is 6.46. The zero-order chi connectivity index (χ0) is 13.1. The molecule has 94 valence electrons. The minimum atomic E-state index is -0.435. The third-order valence-corrected chi connectivity index (χ3v) is 2.96. The Labute approximate surface area is 104 Å². The molecule has 2 amide bonds. The van der Waals surface area contributed by atoms with Crippen LogP contribution in [0.3, 0.4) is 0 Å². The minimum absolute atomic E-state index is 0.00482. The molecule has 4 N–H and O–H groups in total. The average Bonchev–Trinajstić information content (AvgIpc) is 2.72. The molecule has 1 fully saturated rings. The summed E-state index contributed by atoms with van der Waals surface area (Å²) >= 11 is 0. The first-order chi connectivity index (χ1) is 8.63. The number of benzene rings is 1. The Bertz CT molecular complexity index is 483. The normalized spacial score (nSPS) is 18.8. The summed E-state index contributed by atoms with van der Waals surface area (Å²) in [5.74, 6) is -0.118. The highest BCUT2D eigenvalue weighted by Crippen LogP contribution is 2.21. The molecular formula is C12H14N4O2. The van der Waals surface area contributed by atoms with Crippen molar-refractivity contribution in [3.05, 3.63) is 29.8 Å². The van der Waals surface area contributed by atoms with Crippen LogP contribution in [0.5, 0.6) is 0 Å². The summed E-state index contributed by atoms with van der Waals surface area (Å²) in [4.78, 5) is 23.9. The number of hydrogen-bond donors (Lipinski definition) is 3. The van der Waals surface area contributed by atoms with E-state index in [1.165, 1.54) is 0 Å². The lowest BCUT2D eigenvalue weighted by molar-refractivity contribution is -0.121. The van der Waals surface area contributed by atoms with Crippen molar-refractivity contribution in [3.63, 3.8) is 0 Å². The summed E-state index contributed by atoms with van der Waals surface area (Å²) in [6.07, 6.45) is 1.15. The van der Waals surface area contributed by atoms with E-state index in [2.05, 4.69) is 5.32 Å². The fourth-order valence-electron chi connectivity index (χ4n) is 1.99. The van der Waals surface area contributed by atoms with Crippen LogP contribution in [0.25, 0.3) is 0 Å². The number of rotatable bonds is 4. The van der Waals surface area contributed by atoms with E-state index in [1.807, 2.05) is 0 Å². The van der Waals surface area contributed by atoms with Crippen LogP contribution < -0.4 is 16.0 Å². The fraction of sp³-hybridized carbons (Fsp3) is 0.250. The lowest BCUT2D eigenvalue weighted by Crippen LogP contribution is -2.37. The van der Waals surface area contributed by atoms with Crippen LogP contribution in [0, 0.1) is 5.41 Å². The maximum Gasteiger partial charge on any atom is 0.249 e. The Hall–Kier alpha value is -2.37. The molecule has 1 aliphatic heterocycles. The van der Waals surface area contributed by atoms with Gasteiger partial charge in [-0.25, -0.2) is 0 Å². The first-order valence-electron chi connectivity index (χ1n) is 5.59. The van der Waals surface area contributed by atoms with E-state index >= 15 is 0 Å². The molecule has 1 saturated heterocycles. The van der Waals surface area contributed by atoms with Gasteiger partial charge in [-0.3, -0.25) is 15.0 Å². The zero-order valence-corrected chi connectivity index (χ0v) is 9.72. The highest BCUT2D eigenvalue weighted by atomic mass is 16.2. The number of carbonyl (C=O) groups excluding carboxylic acids is 2. The average molecular weight is 246 g/mol. The number of amides is 2. The molecule has 18 heavy (non-hydrogen) atoms. The molecule has 0 unspecified atom stereocenters. The zero-order valence-electron chi connectivity index (χ0n) is 9.72. The second-order valence-corrected chi connectivity index (χ2v) is 4.08. The molecule has 0 bridgehead atoms. The number of nitrogens with zero attached hydrogens (tertiary/aromatic N) is 1. The highest BCUT2D eigenvalue weighted by Gasteiger charge is 2.31. The van der Waals surface area contributed by atoms with Crippen LogP contribution >= 0.6 is 0 Å². The van der Waals surface area contributed by atoms with Crippen molar-refractivity contribution < 1.29 is 9.59 Å². The van der Waals surface area contributed by atoms with E-state index < -0.39 is 6.04 Å². The van der Waals surface area contributed by atoms with Crippen molar-refractivity contribution >= 4 is 23.8 Å². The van der Waals surface area contributed by atoms with E-state index in [9.17, 15) is 9.59 Å². The van der Waals surface area contributed by atoms with Gasteiger partial charge < -0.3 is 16.0 Å². The molecule has 1 atom stereocenters. The molecule has 0 saturated carbocycles. The summed E-state index contributed by atoms with van der Waals surface area (Å²) in [5.41, 5.74) is 6.73. The van der Waals surface area contributed by atoms with Crippen molar-refractivity contribution in [1.29, 1.82) is 5.41 Å². The van der Waals surface area contributed by atoms with Crippen molar-refractivity contribution in [2.75, 3.05) is 11.4 Å². The molecule has 1 aliphatic rings. The number of amidine groups is 1. The van der Waals surface area contributed by atoms with Crippen LogP contribution in [-0.4, -0.2) is 30.7 Å². The van der Waals surface area contributed by atoms with Gasteiger partial charge in [0, 0.05) is 17.8 Å². The van der Waals surface area contributed by atoms with Gasteiger partial charge in [0.25, 0.3) is 0 Å². The van der Waals surface area contributed by atoms with Crippen molar-refractivity contribution in [2.24, 2.45) is 5.73 Å². The molecule has 1 heterocycles. The second-order valence-electron chi connectivity index (χ2n) is 4.08. The topological polar surface area (TPSA) is 99.3 Å². The smallest absolute Gasteiger partial charge is 0.249 e. The monoisotopic (exact) mass is 246 g/mol. The summed E-state index contributed by atoms with van der Waals surface area (Å²) in [5, 5.41) is 9.79. The lowest BCUT2D eigenvalue weighted by atomic mass is 10.2. The van der Waals surface area contributed by atoms with Gasteiger partial charge in [-0.1, -0.05) is 0 Å². The standard InChI is InChI=1S/C12H14N4O2/c13-11(14)8-1-3-9(4-2-8)16-6-5-10(12(16)18)15-7-17/h1-4,7,10H,5-6H2,(H3,13,14)(H,15,17)/t10-/m0/s1. The Morgan fingerprint density at radius 2 is 2.11 bits per heavy atom. The molecule has 0 aliphatic carbocycles. The Balaban J connectivity index is 2.15. The van der Waals surface area contributed by atoms with Crippen molar-refractivity contribution in [3.8, 4) is 0 Å². The van der Waals surface area contributed by atoms with Crippen molar-refractivity contribution in [2.45, 2.75) is 12.5 Å². The van der Waals surface area contributed by atoms with E-state index in [0.29, 0.717) is 24.9 Å². The predicted octanol–water partition coefficient (Wildman–Crippen LogP) is -0.178. The molecule has 1 aromatic carbocycles. The van der Waals surface area contributed by atoms with E-state index in [4.69, 9.17) is 11.1 Å². The van der Waals surface area contributed by atoms with Crippen LogP contribution in [-0.2, 0) is 9.59 Å². The highest BCUT2D eigenvalue weighted by molar-refractivity contribution is 6.01. The third-order valence-electron chi connectivity index (χ3n) is 2.96. The third kappa shape index (κ3) is 2.17. The number of anilines is 1. The Morgan fingerprint density at radius 1 is 1.44 bits per heavy atom. The predicted molar refractivity (Wildman–Crippen MR) is 67.4 cm³/mol. The number of hydrogen-bond acceptors (Lipinski definition) is 3. The maximum atomic E-state index is 12.0. The van der Waals surface area contributed by atoms with Crippen LogP contribution in [0.2, 0.25) is 0 Å². The van der Waals surface area contributed by atoms with Gasteiger partial charge in [0.1, 0.15) is 11.9 Å². The van der Waals surface area contributed by atoms with Crippen LogP contribution in [0.1, 0.15) is 12.0 Å². The first-order valence-corrected chi connectivity index (χ1v) is 5.59. The first kappa shape index (κ1) is 12.1. The van der Waals surface area contributed by atoms with Gasteiger partial charge in [0.2, 0.25) is 12.3 Å². The second kappa shape index (κ2) is 4.87. The van der Waals surface area contributed by atoms with Gasteiger partial charge >= 0.3 is 0 Å². The molecule has 1 aromatic rings. The van der Waals surface area contributed by atoms with Gasteiger partial charge in [-0.15, -0.1) is 0 Å². The Morgan fingerprint density at radius 3 is 2.67 bits per heavy atom. The van der Waals surface area contributed by atoms with Crippen molar-refractivity contribution in [1.82, 2.24) is 5.32 Å². The van der Waals surface area contributed by atoms with E-state index in [0.717, 1.165) is 5.69 Å². The molecule has 0 spiro atoms.